The van der Waals surface area contributed by atoms with Gasteiger partial charge in [0, 0.05) is 38.4 Å². The van der Waals surface area contributed by atoms with E-state index in [1.165, 1.54) is 12.1 Å². The van der Waals surface area contributed by atoms with Gasteiger partial charge in [0.2, 0.25) is 0 Å². The van der Waals surface area contributed by atoms with E-state index in [2.05, 4.69) is 14.8 Å². The minimum absolute atomic E-state index is 0. The number of rotatable bonds is 6. The zero-order chi connectivity index (χ0) is 18.6. The smallest absolute Gasteiger partial charge is 0.326 e. The van der Waals surface area contributed by atoms with Crippen LogP contribution in [0.5, 0.6) is 0 Å². The van der Waals surface area contributed by atoms with E-state index in [1.54, 1.807) is 0 Å². The second-order valence-electron chi connectivity index (χ2n) is 7.11. The van der Waals surface area contributed by atoms with Crippen LogP contribution >= 0.6 is 24.8 Å². The molecule has 1 saturated heterocycles. The summed E-state index contributed by atoms with van der Waals surface area (Å²) in [5, 5.41) is 0. The van der Waals surface area contributed by atoms with Crippen molar-refractivity contribution in [2.24, 2.45) is 0 Å². The van der Waals surface area contributed by atoms with Crippen LogP contribution in [0.2, 0.25) is 0 Å². The van der Waals surface area contributed by atoms with Crippen LogP contribution in [-0.4, -0.2) is 47.2 Å². The molecule has 5 nitrogen and oxygen atoms in total. The molecule has 0 aliphatic carbocycles. The molecule has 1 fully saturated rings. The minimum atomic E-state index is -0.188. The van der Waals surface area contributed by atoms with Gasteiger partial charge in [0.1, 0.15) is 5.82 Å². The van der Waals surface area contributed by atoms with E-state index in [9.17, 15) is 9.18 Å². The fourth-order valence-corrected chi connectivity index (χ4v) is 3.82. The maximum atomic E-state index is 13.1. The highest BCUT2D eigenvalue weighted by Crippen LogP contribution is 2.17. The lowest BCUT2D eigenvalue weighted by atomic mass is 10.2. The predicted octanol–water partition coefficient (Wildman–Crippen LogP) is 3.91. The van der Waals surface area contributed by atoms with Gasteiger partial charge in [0.25, 0.3) is 0 Å². The zero-order valence-corrected chi connectivity index (χ0v) is 17.9. The van der Waals surface area contributed by atoms with Gasteiger partial charge in [-0.05, 0) is 55.8 Å². The van der Waals surface area contributed by atoms with Gasteiger partial charge in [-0.2, -0.15) is 0 Å². The third-order valence-corrected chi connectivity index (χ3v) is 5.35. The molecule has 3 aromatic rings. The fourth-order valence-electron chi connectivity index (χ4n) is 3.82. The van der Waals surface area contributed by atoms with Crippen LogP contribution in [0.3, 0.4) is 0 Å². The summed E-state index contributed by atoms with van der Waals surface area (Å²) in [5.41, 5.74) is 2.95. The first-order valence-electron chi connectivity index (χ1n) is 9.61. The van der Waals surface area contributed by atoms with Crippen molar-refractivity contribution < 1.29 is 4.39 Å². The quantitative estimate of drug-likeness (QED) is 0.590. The van der Waals surface area contributed by atoms with E-state index in [-0.39, 0.29) is 36.3 Å². The molecule has 1 aliphatic rings. The number of piperazine rings is 1. The molecular weight excluding hydrogens is 414 g/mol. The van der Waals surface area contributed by atoms with Gasteiger partial charge in [-0.25, -0.2) is 9.18 Å². The SMILES string of the molecule is Cl.Cl.O=c1[nH]c2ccccc2n1CCCCN1CCN(c2ccc(F)cc2)CC1. The standard InChI is InChI=1S/C21H25FN4O.2ClH/c22-17-7-9-18(10-8-17)25-15-13-24(14-16-25)11-3-4-12-26-20-6-2-1-5-19(20)23-21(26)27;;/h1-2,5-10H,3-4,11-16H2,(H,23,27);2*1H. The third-order valence-electron chi connectivity index (χ3n) is 5.35. The molecule has 158 valence electrons. The summed E-state index contributed by atoms with van der Waals surface area (Å²) in [5.74, 6) is -0.188. The van der Waals surface area contributed by atoms with Crippen LogP contribution < -0.4 is 10.6 Å². The topological polar surface area (TPSA) is 44.3 Å². The number of hydrogen-bond donors (Lipinski definition) is 1. The number of imidazole rings is 1. The summed E-state index contributed by atoms with van der Waals surface area (Å²) >= 11 is 0. The Morgan fingerprint density at radius 1 is 0.862 bits per heavy atom. The number of para-hydroxylation sites is 2. The summed E-state index contributed by atoms with van der Waals surface area (Å²) in [6.07, 6.45) is 2.06. The predicted molar refractivity (Wildman–Crippen MR) is 121 cm³/mol. The molecule has 0 unspecified atom stereocenters. The lowest BCUT2D eigenvalue weighted by molar-refractivity contribution is 0.251. The molecule has 2 heterocycles. The van der Waals surface area contributed by atoms with E-state index in [4.69, 9.17) is 0 Å². The lowest BCUT2D eigenvalue weighted by Crippen LogP contribution is -2.46. The summed E-state index contributed by atoms with van der Waals surface area (Å²) in [6.45, 7) is 5.77. The summed E-state index contributed by atoms with van der Waals surface area (Å²) < 4.78 is 14.9. The average Bonchev–Trinajstić information content (AvgIpc) is 3.02. The van der Waals surface area contributed by atoms with Crippen LogP contribution in [0, 0.1) is 5.82 Å². The molecule has 4 rings (SSSR count). The number of H-pyrrole nitrogens is 1. The lowest BCUT2D eigenvalue weighted by Gasteiger charge is -2.36. The molecule has 8 heteroatoms. The van der Waals surface area contributed by atoms with Crippen LogP contribution in [0.15, 0.2) is 53.3 Å². The number of halogens is 3. The van der Waals surface area contributed by atoms with Gasteiger partial charge in [-0.15, -0.1) is 24.8 Å². The number of unbranched alkanes of at least 4 members (excludes halogenated alkanes) is 1. The molecule has 1 aliphatic heterocycles. The first-order valence-corrected chi connectivity index (χ1v) is 9.61. The number of hydrogen-bond acceptors (Lipinski definition) is 3. The number of aryl methyl sites for hydroxylation is 1. The van der Waals surface area contributed by atoms with Crippen molar-refractivity contribution >= 4 is 41.5 Å². The largest absolute Gasteiger partial charge is 0.369 e. The van der Waals surface area contributed by atoms with E-state index < -0.39 is 0 Å². The number of aromatic amines is 1. The van der Waals surface area contributed by atoms with Crippen molar-refractivity contribution in [3.05, 3.63) is 64.8 Å². The molecule has 0 radical (unpaired) electrons. The number of nitrogens with zero attached hydrogens (tertiary/aromatic N) is 3. The second-order valence-corrected chi connectivity index (χ2v) is 7.11. The minimum Gasteiger partial charge on any atom is -0.369 e. The van der Waals surface area contributed by atoms with Gasteiger partial charge in [-0.3, -0.25) is 9.47 Å². The molecule has 0 spiro atoms. The van der Waals surface area contributed by atoms with Crippen LogP contribution in [-0.2, 0) is 6.54 Å². The Morgan fingerprint density at radius 3 is 2.24 bits per heavy atom. The van der Waals surface area contributed by atoms with Gasteiger partial charge >= 0.3 is 5.69 Å². The van der Waals surface area contributed by atoms with Crippen LogP contribution in [0.25, 0.3) is 11.0 Å². The summed E-state index contributed by atoms with van der Waals surface area (Å²) in [7, 11) is 0. The van der Waals surface area contributed by atoms with E-state index in [0.29, 0.717) is 0 Å². The Morgan fingerprint density at radius 2 is 1.52 bits per heavy atom. The number of fused-ring (bicyclic) bond motifs is 1. The van der Waals surface area contributed by atoms with Crippen molar-refractivity contribution in [2.75, 3.05) is 37.6 Å². The normalized spacial score (nSPS) is 14.4. The highest BCUT2D eigenvalue weighted by molar-refractivity contribution is 5.85. The highest BCUT2D eigenvalue weighted by atomic mass is 35.5. The highest BCUT2D eigenvalue weighted by Gasteiger charge is 2.16. The van der Waals surface area contributed by atoms with E-state index in [0.717, 1.165) is 68.8 Å². The van der Waals surface area contributed by atoms with Crippen molar-refractivity contribution in [2.45, 2.75) is 19.4 Å². The summed E-state index contributed by atoms with van der Waals surface area (Å²) in [6, 6.07) is 14.6. The van der Waals surface area contributed by atoms with E-state index in [1.807, 2.05) is 41.0 Å². The van der Waals surface area contributed by atoms with Gasteiger partial charge in [-0.1, -0.05) is 12.1 Å². The number of benzene rings is 2. The van der Waals surface area contributed by atoms with Gasteiger partial charge < -0.3 is 9.88 Å². The Bertz CT molecular complexity index is 949. The first kappa shape index (κ1) is 23.3. The zero-order valence-electron chi connectivity index (χ0n) is 16.2. The molecule has 0 bridgehead atoms. The van der Waals surface area contributed by atoms with Crippen molar-refractivity contribution in [3.8, 4) is 0 Å². The Balaban J connectivity index is 0.00000150. The molecular formula is C21H27Cl2FN4O. The Hall–Kier alpha value is -2.02. The number of anilines is 1. The van der Waals surface area contributed by atoms with Crippen LogP contribution in [0.4, 0.5) is 10.1 Å². The van der Waals surface area contributed by atoms with Gasteiger partial charge in [0.15, 0.2) is 0 Å². The average molecular weight is 441 g/mol. The molecule has 0 amide bonds. The molecule has 2 aromatic carbocycles. The van der Waals surface area contributed by atoms with E-state index >= 15 is 0 Å². The second kappa shape index (κ2) is 10.7. The monoisotopic (exact) mass is 440 g/mol. The molecule has 29 heavy (non-hydrogen) atoms. The molecule has 1 N–H and O–H groups in total. The van der Waals surface area contributed by atoms with Gasteiger partial charge in [0.05, 0.1) is 11.0 Å². The molecule has 0 atom stereocenters. The summed E-state index contributed by atoms with van der Waals surface area (Å²) in [4.78, 5) is 19.8. The fraction of sp³-hybridized carbons (Fsp3) is 0.381. The van der Waals surface area contributed by atoms with Crippen molar-refractivity contribution in [1.82, 2.24) is 14.5 Å². The molecule has 0 saturated carbocycles. The van der Waals surface area contributed by atoms with Crippen LogP contribution in [0.1, 0.15) is 12.8 Å². The van der Waals surface area contributed by atoms with Crippen molar-refractivity contribution in [1.29, 1.82) is 0 Å². The maximum absolute atomic E-state index is 13.1. The number of nitrogens with one attached hydrogen (secondary N) is 1. The maximum Gasteiger partial charge on any atom is 0.326 e. The Labute approximate surface area is 182 Å². The number of aromatic nitrogens is 2. The third kappa shape index (κ3) is 5.53. The Kier molecular flexibility index (Phi) is 8.56. The molecule has 1 aromatic heterocycles. The van der Waals surface area contributed by atoms with Crippen molar-refractivity contribution in [3.63, 3.8) is 0 Å². The first-order chi connectivity index (χ1) is 13.2.